The largest absolute Gasteiger partial charge is 0.382 e. The number of nitrogens with zero attached hydrogens (tertiary/aromatic N) is 1. The molecule has 2 aromatic carbocycles. The lowest BCUT2D eigenvalue weighted by atomic mass is 10.2. The van der Waals surface area contributed by atoms with E-state index in [4.69, 9.17) is 5.26 Å². The van der Waals surface area contributed by atoms with Gasteiger partial charge in [-0.2, -0.15) is 5.26 Å². The highest BCUT2D eigenvalue weighted by molar-refractivity contribution is 7.91. The van der Waals surface area contributed by atoms with Crippen LogP contribution in [0.5, 0.6) is 0 Å². The van der Waals surface area contributed by atoms with Crippen LogP contribution in [0, 0.1) is 17.1 Å². The van der Waals surface area contributed by atoms with Crippen LogP contribution < -0.4 is 5.32 Å². The summed E-state index contributed by atoms with van der Waals surface area (Å²) in [5.41, 5.74) is 0.552. The van der Waals surface area contributed by atoms with E-state index < -0.39 is 15.7 Å². The van der Waals surface area contributed by atoms with Gasteiger partial charge in [-0.15, -0.1) is 0 Å². The maximum Gasteiger partial charge on any atom is 0.180 e. The van der Waals surface area contributed by atoms with Gasteiger partial charge in [-0.1, -0.05) is 18.2 Å². The predicted octanol–water partition coefficient (Wildman–Crippen LogP) is 2.58. The van der Waals surface area contributed by atoms with Gasteiger partial charge in [-0.25, -0.2) is 12.8 Å². The first-order chi connectivity index (χ1) is 10.0. The summed E-state index contributed by atoms with van der Waals surface area (Å²) >= 11 is 0. The maximum atomic E-state index is 13.4. The summed E-state index contributed by atoms with van der Waals surface area (Å²) in [5.74, 6) is -0.614. The van der Waals surface area contributed by atoms with Crippen molar-refractivity contribution in [2.24, 2.45) is 0 Å². The summed E-state index contributed by atoms with van der Waals surface area (Å²) in [5, 5.41) is 11.5. The van der Waals surface area contributed by atoms with Gasteiger partial charge in [-0.05, 0) is 30.3 Å². The molecule has 0 amide bonds. The van der Waals surface area contributed by atoms with Crippen LogP contribution in [0.25, 0.3) is 0 Å². The van der Waals surface area contributed by atoms with Crippen molar-refractivity contribution in [2.45, 2.75) is 4.90 Å². The van der Waals surface area contributed by atoms with Crippen LogP contribution in [-0.4, -0.2) is 20.7 Å². The summed E-state index contributed by atoms with van der Waals surface area (Å²) in [6, 6.07) is 13.8. The third-order valence-electron chi connectivity index (χ3n) is 2.88. The Morgan fingerprint density at radius 3 is 2.62 bits per heavy atom. The van der Waals surface area contributed by atoms with Crippen molar-refractivity contribution in [3.63, 3.8) is 0 Å². The van der Waals surface area contributed by atoms with Gasteiger partial charge in [0.05, 0.1) is 28.0 Å². The molecule has 0 unspecified atom stereocenters. The highest BCUT2D eigenvalue weighted by atomic mass is 32.2. The minimum absolute atomic E-state index is 0.0834. The number of benzene rings is 2. The molecule has 0 aliphatic heterocycles. The quantitative estimate of drug-likeness (QED) is 0.921. The Labute approximate surface area is 122 Å². The van der Waals surface area contributed by atoms with E-state index in [1.54, 1.807) is 12.1 Å². The number of nitriles is 1. The van der Waals surface area contributed by atoms with Crippen LogP contribution in [0.1, 0.15) is 5.56 Å². The first kappa shape index (κ1) is 15.0. The SMILES string of the molecule is N#Cc1cccc(S(=O)(=O)CCNc2ccccc2F)c1. The summed E-state index contributed by atoms with van der Waals surface area (Å²) in [4.78, 5) is 0.0943. The zero-order valence-corrected chi connectivity index (χ0v) is 11.9. The fourth-order valence-corrected chi connectivity index (χ4v) is 3.00. The summed E-state index contributed by atoms with van der Waals surface area (Å²) in [6.45, 7) is 0.0834. The molecule has 0 aliphatic rings. The molecule has 0 aromatic heterocycles. The van der Waals surface area contributed by atoms with E-state index in [9.17, 15) is 12.8 Å². The summed E-state index contributed by atoms with van der Waals surface area (Å²) in [7, 11) is -3.51. The molecule has 0 saturated carbocycles. The van der Waals surface area contributed by atoms with Gasteiger partial charge in [0.25, 0.3) is 0 Å². The van der Waals surface area contributed by atoms with Gasteiger partial charge in [0.1, 0.15) is 5.82 Å². The van der Waals surface area contributed by atoms with E-state index >= 15 is 0 Å². The monoisotopic (exact) mass is 304 g/mol. The molecule has 1 N–H and O–H groups in total. The van der Waals surface area contributed by atoms with Crippen LogP contribution in [0.3, 0.4) is 0 Å². The molecule has 2 rings (SSSR count). The van der Waals surface area contributed by atoms with Gasteiger partial charge in [-0.3, -0.25) is 0 Å². The van der Waals surface area contributed by atoms with Crippen LogP contribution in [0.2, 0.25) is 0 Å². The Kier molecular flexibility index (Phi) is 4.55. The number of para-hydroxylation sites is 1. The average Bonchev–Trinajstić information content (AvgIpc) is 2.49. The number of anilines is 1. The predicted molar refractivity (Wildman–Crippen MR) is 78.1 cm³/mol. The Morgan fingerprint density at radius 2 is 1.90 bits per heavy atom. The molecule has 0 spiro atoms. The van der Waals surface area contributed by atoms with Gasteiger partial charge >= 0.3 is 0 Å². The maximum absolute atomic E-state index is 13.4. The molecule has 4 nitrogen and oxygen atoms in total. The topological polar surface area (TPSA) is 70.0 Å². The Morgan fingerprint density at radius 1 is 1.14 bits per heavy atom. The van der Waals surface area contributed by atoms with Crippen molar-refractivity contribution >= 4 is 15.5 Å². The number of rotatable bonds is 5. The van der Waals surface area contributed by atoms with Gasteiger partial charge < -0.3 is 5.32 Å². The van der Waals surface area contributed by atoms with Crippen LogP contribution in [0.15, 0.2) is 53.4 Å². The van der Waals surface area contributed by atoms with Gasteiger partial charge in [0.2, 0.25) is 0 Å². The normalized spacial score (nSPS) is 10.9. The van der Waals surface area contributed by atoms with E-state index in [0.717, 1.165) is 0 Å². The fraction of sp³-hybridized carbons (Fsp3) is 0.133. The molecule has 0 aliphatic carbocycles. The van der Waals surface area contributed by atoms with E-state index in [1.807, 2.05) is 6.07 Å². The second-order valence-corrected chi connectivity index (χ2v) is 6.47. The highest BCUT2D eigenvalue weighted by Crippen LogP contribution is 2.15. The molecule has 6 heteroatoms. The average molecular weight is 304 g/mol. The lowest BCUT2D eigenvalue weighted by Gasteiger charge is -2.08. The number of halogens is 1. The van der Waals surface area contributed by atoms with Crippen molar-refractivity contribution in [3.05, 3.63) is 59.9 Å². The third-order valence-corrected chi connectivity index (χ3v) is 4.60. The van der Waals surface area contributed by atoms with E-state index in [1.165, 1.54) is 36.4 Å². The second kappa shape index (κ2) is 6.37. The van der Waals surface area contributed by atoms with E-state index in [-0.39, 0.29) is 28.4 Å². The smallest absolute Gasteiger partial charge is 0.180 e. The van der Waals surface area contributed by atoms with Crippen LogP contribution in [-0.2, 0) is 9.84 Å². The van der Waals surface area contributed by atoms with Crippen molar-refractivity contribution in [2.75, 3.05) is 17.6 Å². The van der Waals surface area contributed by atoms with Crippen molar-refractivity contribution in [3.8, 4) is 6.07 Å². The highest BCUT2D eigenvalue weighted by Gasteiger charge is 2.14. The van der Waals surface area contributed by atoms with Gasteiger partial charge in [0.15, 0.2) is 9.84 Å². The van der Waals surface area contributed by atoms with E-state index in [2.05, 4.69) is 5.32 Å². The molecule has 2 aromatic rings. The molecule has 0 bridgehead atoms. The number of nitrogens with one attached hydrogen (secondary N) is 1. The summed E-state index contributed by atoms with van der Waals surface area (Å²) in [6.07, 6.45) is 0. The van der Waals surface area contributed by atoms with Gasteiger partial charge in [0, 0.05) is 6.54 Å². The van der Waals surface area contributed by atoms with E-state index in [0.29, 0.717) is 0 Å². The molecule has 21 heavy (non-hydrogen) atoms. The first-order valence-corrected chi connectivity index (χ1v) is 7.89. The van der Waals surface area contributed by atoms with Crippen molar-refractivity contribution in [1.29, 1.82) is 5.26 Å². The molecule has 0 radical (unpaired) electrons. The Hall–Kier alpha value is -2.39. The zero-order valence-electron chi connectivity index (χ0n) is 11.1. The number of hydrogen-bond donors (Lipinski definition) is 1. The molecule has 0 fully saturated rings. The molecule has 0 heterocycles. The van der Waals surface area contributed by atoms with Crippen molar-refractivity contribution in [1.82, 2.24) is 0 Å². The standard InChI is InChI=1S/C15H13FN2O2S/c16-14-6-1-2-7-15(14)18-8-9-21(19,20)13-5-3-4-12(10-13)11-17/h1-7,10,18H,8-9H2. The molecule has 0 atom stereocenters. The van der Waals surface area contributed by atoms with Crippen LogP contribution >= 0.6 is 0 Å². The lowest BCUT2D eigenvalue weighted by Crippen LogP contribution is -2.16. The number of hydrogen-bond acceptors (Lipinski definition) is 4. The number of sulfone groups is 1. The Balaban J connectivity index is 2.05. The molecular weight excluding hydrogens is 291 g/mol. The first-order valence-electron chi connectivity index (χ1n) is 6.24. The fourth-order valence-electron chi connectivity index (χ4n) is 1.80. The Bertz CT molecular complexity index is 782. The third kappa shape index (κ3) is 3.80. The minimum Gasteiger partial charge on any atom is -0.382 e. The minimum atomic E-state index is -3.51. The lowest BCUT2D eigenvalue weighted by molar-refractivity contribution is 0.596. The second-order valence-electron chi connectivity index (χ2n) is 4.37. The van der Waals surface area contributed by atoms with Crippen LogP contribution in [0.4, 0.5) is 10.1 Å². The zero-order chi connectivity index (χ0) is 15.3. The molecule has 0 saturated heterocycles. The molecular formula is C15H13FN2O2S. The molecule has 108 valence electrons. The summed E-state index contributed by atoms with van der Waals surface area (Å²) < 4.78 is 37.6. The van der Waals surface area contributed by atoms with Crippen molar-refractivity contribution < 1.29 is 12.8 Å².